The van der Waals surface area contributed by atoms with E-state index in [-0.39, 0.29) is 5.97 Å². The molecule has 0 aromatic rings. The van der Waals surface area contributed by atoms with Crippen LogP contribution in [0.1, 0.15) is 499 Å². The lowest BCUT2D eigenvalue weighted by molar-refractivity contribution is -0.152. The van der Waals surface area contributed by atoms with Crippen LogP contribution in [0.15, 0.2) is 47.1 Å². The van der Waals surface area contributed by atoms with E-state index in [1.54, 1.807) is 5.57 Å². The van der Waals surface area contributed by atoms with Crippen molar-refractivity contribution in [3.05, 3.63) is 47.1 Å². The van der Waals surface area contributed by atoms with E-state index >= 15 is 0 Å². The van der Waals surface area contributed by atoms with E-state index in [1.807, 2.05) is 0 Å². The molecule has 0 heterocycles. The highest BCUT2D eigenvalue weighted by atomic mass is 16.5. The maximum atomic E-state index is 13.7. The first-order valence-corrected chi connectivity index (χ1v) is 44.4. The van der Waals surface area contributed by atoms with Gasteiger partial charge in [-0.15, -0.1) is 0 Å². The summed E-state index contributed by atoms with van der Waals surface area (Å²) in [5.74, 6) is 2.89. The predicted molar refractivity (Wildman–Crippen MR) is 434 cm³/mol. The van der Waals surface area contributed by atoms with Gasteiger partial charge in [0.25, 0.3) is 0 Å². The maximum Gasteiger partial charge on any atom is 0.311 e. The third-order valence-corrected chi connectivity index (χ3v) is 22.2. The van der Waals surface area contributed by atoms with Crippen molar-refractivity contribution in [3.63, 3.8) is 0 Å². The Balaban J connectivity index is 4.46. The number of unbranched alkanes of at least 4 members (excludes halogenated alkanes) is 46. The van der Waals surface area contributed by atoms with Crippen LogP contribution >= 0.6 is 0 Å². The molecule has 568 valence electrons. The first kappa shape index (κ1) is 94.4. The van der Waals surface area contributed by atoms with Gasteiger partial charge in [0.05, 0.1) is 12.0 Å². The van der Waals surface area contributed by atoms with Gasteiger partial charge in [-0.1, -0.05) is 443 Å². The average Bonchev–Trinajstić information content (AvgIpc) is 1.75. The quantitative estimate of drug-likeness (QED) is 0.0375. The fourth-order valence-electron chi connectivity index (χ4n) is 15.0. The Labute approximate surface area is 606 Å². The third kappa shape index (κ3) is 72.2. The molecular weight excluding hydrogens is 1170 g/mol. The molecule has 0 amide bonds. The summed E-state index contributed by atoms with van der Waals surface area (Å²) in [4.78, 5) is 13.7. The molecule has 5 unspecified atom stereocenters. The van der Waals surface area contributed by atoms with Crippen LogP contribution < -0.4 is 0 Å². The van der Waals surface area contributed by atoms with Gasteiger partial charge in [0.2, 0.25) is 0 Å². The van der Waals surface area contributed by atoms with E-state index in [0.29, 0.717) is 13.0 Å². The van der Waals surface area contributed by atoms with E-state index in [0.717, 1.165) is 81.5 Å². The summed E-state index contributed by atoms with van der Waals surface area (Å²) in [7, 11) is 0. The molecule has 0 fully saturated rings. The molecule has 0 bridgehead atoms. The molecular formula is C93H178O3. The maximum absolute atomic E-state index is 13.7. The van der Waals surface area contributed by atoms with E-state index in [2.05, 4.69) is 99.6 Å². The Hall–Kier alpha value is -1.61. The summed E-state index contributed by atoms with van der Waals surface area (Å²) < 4.78 is 5.95. The van der Waals surface area contributed by atoms with E-state index in [1.165, 1.54) is 377 Å². The van der Waals surface area contributed by atoms with Crippen LogP contribution in [0.25, 0.3) is 0 Å². The lowest BCUT2D eigenvalue weighted by Gasteiger charge is -2.21. The van der Waals surface area contributed by atoms with Crippen molar-refractivity contribution in [1.29, 1.82) is 0 Å². The zero-order valence-electron chi connectivity index (χ0n) is 67.7. The van der Waals surface area contributed by atoms with Crippen molar-refractivity contribution in [2.24, 2.45) is 29.6 Å². The van der Waals surface area contributed by atoms with Crippen LogP contribution in [-0.2, 0) is 9.53 Å². The second-order valence-corrected chi connectivity index (χ2v) is 33.0. The molecule has 0 aliphatic carbocycles. The Morgan fingerprint density at radius 2 is 0.562 bits per heavy atom. The number of esters is 1. The highest BCUT2D eigenvalue weighted by Gasteiger charge is 2.27. The summed E-state index contributed by atoms with van der Waals surface area (Å²) in [6.07, 6.45) is 101. The number of allylic oxidation sites excluding steroid dienone is 7. The van der Waals surface area contributed by atoms with Gasteiger partial charge in [-0.25, -0.2) is 0 Å². The highest BCUT2D eigenvalue weighted by molar-refractivity contribution is 5.73. The third-order valence-electron chi connectivity index (χ3n) is 22.2. The first-order chi connectivity index (χ1) is 46.9. The minimum Gasteiger partial charge on any atom is -0.461 e. The summed E-state index contributed by atoms with van der Waals surface area (Å²) in [6.45, 7) is 23.9. The topological polar surface area (TPSA) is 46.5 Å². The lowest BCUT2D eigenvalue weighted by atomic mass is 9.90. The zero-order valence-corrected chi connectivity index (χ0v) is 67.7. The predicted octanol–water partition coefficient (Wildman–Crippen LogP) is 32.6. The van der Waals surface area contributed by atoms with Gasteiger partial charge in [0.15, 0.2) is 0 Å². The van der Waals surface area contributed by atoms with Crippen molar-refractivity contribution in [3.8, 4) is 0 Å². The molecule has 0 saturated carbocycles. The molecule has 0 aliphatic rings. The monoisotopic (exact) mass is 1340 g/mol. The average molecular weight is 1340 g/mol. The van der Waals surface area contributed by atoms with Crippen molar-refractivity contribution in [2.75, 3.05) is 6.61 Å². The Bertz CT molecular complexity index is 1680. The molecule has 0 saturated heterocycles. The standard InChI is InChI=1S/C93H178O3/c1-11-13-15-17-19-21-23-25-27-29-30-31-32-33-34-35-36-37-38-39-40-41-42-43-44-45-47-49-51-53-55-57-59-61-81-92(94)91(80-60-58-56-54-52-50-48-46-28-26-24-22-20-18-16-14-12-2)93(95)96-83-82-90(10)79-67-78-89(9)77-66-76-88(8)75-65-74-87(7)73-64-72-86(6)71-63-70-85(5)69-62-68-84(3)4/h33-34,76,78,82,84-87,91-92,94H,11-32,35-75,77,79-81,83H2,1-10H3/b34-33-,88-76-,89-78-,90-82-. The summed E-state index contributed by atoms with van der Waals surface area (Å²) in [5, 5.41) is 11.5. The fraction of sp³-hybridized carbons (Fsp3) is 0.903. The van der Waals surface area contributed by atoms with Crippen molar-refractivity contribution in [1.82, 2.24) is 0 Å². The second-order valence-electron chi connectivity index (χ2n) is 33.0. The van der Waals surface area contributed by atoms with Crippen LogP contribution in [0.5, 0.6) is 0 Å². The van der Waals surface area contributed by atoms with Gasteiger partial charge in [-0.2, -0.15) is 0 Å². The Kier molecular flexibility index (Phi) is 74.8. The molecule has 3 heteroatoms. The summed E-state index contributed by atoms with van der Waals surface area (Å²) in [5.41, 5.74) is 4.32. The lowest BCUT2D eigenvalue weighted by Crippen LogP contribution is -2.30. The fourth-order valence-corrected chi connectivity index (χ4v) is 15.0. The molecule has 1 N–H and O–H groups in total. The number of hydrogen-bond donors (Lipinski definition) is 1. The number of hydrogen-bond acceptors (Lipinski definition) is 3. The molecule has 0 spiro atoms. The van der Waals surface area contributed by atoms with Crippen molar-refractivity contribution >= 4 is 5.97 Å². The van der Waals surface area contributed by atoms with E-state index in [9.17, 15) is 9.90 Å². The van der Waals surface area contributed by atoms with Crippen LogP contribution in [0, 0.1) is 29.6 Å². The van der Waals surface area contributed by atoms with Crippen LogP contribution in [0.2, 0.25) is 0 Å². The zero-order chi connectivity index (χ0) is 70.1. The molecule has 96 heavy (non-hydrogen) atoms. The number of rotatable bonds is 78. The number of carbonyl (C=O) groups is 1. The molecule has 0 aromatic heterocycles. The van der Waals surface area contributed by atoms with Gasteiger partial charge in [-0.3, -0.25) is 4.79 Å². The van der Waals surface area contributed by atoms with Crippen LogP contribution in [0.3, 0.4) is 0 Å². The molecule has 5 atom stereocenters. The number of aliphatic hydroxyl groups excluding tert-OH is 1. The first-order valence-electron chi connectivity index (χ1n) is 44.4. The molecule has 3 nitrogen and oxygen atoms in total. The molecule has 0 radical (unpaired) electrons. The molecule has 0 rings (SSSR count). The minimum absolute atomic E-state index is 0.185. The van der Waals surface area contributed by atoms with Crippen molar-refractivity contribution < 1.29 is 14.6 Å². The summed E-state index contributed by atoms with van der Waals surface area (Å²) in [6, 6.07) is 0. The normalized spacial score (nSPS) is 14.2. The number of aliphatic hydroxyl groups is 1. The van der Waals surface area contributed by atoms with E-state index < -0.39 is 12.0 Å². The van der Waals surface area contributed by atoms with Gasteiger partial charge >= 0.3 is 5.97 Å². The SMILES string of the molecule is CCCCCCCCCCCCCC/C=C\CCCCCCCCCCCCCCCCCCCCC(O)C(CCCCCCCCCCCCCCCCCCC)C(=O)OC/C=C(/C)CC/C=C(/C)CC/C=C(/C)CCCC(C)CCCC(C)CCCC(C)CCCC(C)C. The smallest absolute Gasteiger partial charge is 0.311 e. The molecule has 0 aromatic carbocycles. The Morgan fingerprint density at radius 1 is 0.292 bits per heavy atom. The summed E-state index contributed by atoms with van der Waals surface area (Å²) >= 11 is 0. The van der Waals surface area contributed by atoms with Gasteiger partial charge in [0.1, 0.15) is 6.61 Å². The molecule has 0 aliphatic heterocycles. The number of carbonyl (C=O) groups excluding carboxylic acids is 1. The largest absolute Gasteiger partial charge is 0.461 e. The Morgan fingerprint density at radius 3 is 0.896 bits per heavy atom. The van der Waals surface area contributed by atoms with E-state index in [4.69, 9.17) is 4.74 Å². The van der Waals surface area contributed by atoms with Crippen LogP contribution in [-0.4, -0.2) is 23.8 Å². The number of ether oxygens (including phenoxy) is 1. The van der Waals surface area contributed by atoms with Crippen LogP contribution in [0.4, 0.5) is 0 Å². The van der Waals surface area contributed by atoms with Crippen molar-refractivity contribution in [2.45, 2.75) is 506 Å². The van der Waals surface area contributed by atoms with Gasteiger partial charge in [0, 0.05) is 0 Å². The van der Waals surface area contributed by atoms with Gasteiger partial charge in [-0.05, 0) is 128 Å². The highest BCUT2D eigenvalue weighted by Crippen LogP contribution is 2.27. The minimum atomic E-state index is -0.605. The second kappa shape index (κ2) is 76.0. The van der Waals surface area contributed by atoms with Gasteiger partial charge < -0.3 is 9.84 Å².